The van der Waals surface area contributed by atoms with Gasteiger partial charge >= 0.3 is 5.97 Å². The van der Waals surface area contributed by atoms with E-state index in [1.54, 1.807) is 0 Å². The summed E-state index contributed by atoms with van der Waals surface area (Å²) < 4.78 is 5.96. The molecule has 0 aliphatic rings. The second-order valence-electron chi connectivity index (χ2n) is 5.91. The molecule has 1 aromatic carbocycles. The van der Waals surface area contributed by atoms with Crippen LogP contribution in [0.2, 0.25) is 0 Å². The molecule has 0 saturated heterocycles. The monoisotopic (exact) mass is 278 g/mol. The molecule has 0 saturated carbocycles. The summed E-state index contributed by atoms with van der Waals surface area (Å²) in [5.41, 5.74) is 3.27. The molecule has 112 valence electrons. The second kappa shape index (κ2) is 7.32. The molecule has 0 amide bonds. The Bertz CT molecular complexity index is 464. The Balaban J connectivity index is 3.16. The Morgan fingerprint density at radius 3 is 2.45 bits per heavy atom. The molecule has 0 aromatic heterocycles. The maximum Gasteiger partial charge on any atom is 0.303 e. The van der Waals surface area contributed by atoms with Crippen molar-refractivity contribution in [2.75, 3.05) is 6.61 Å². The third kappa shape index (κ3) is 4.55. The maximum atomic E-state index is 11.0. The molecule has 1 atom stereocenters. The van der Waals surface area contributed by atoms with Gasteiger partial charge in [0.1, 0.15) is 5.75 Å². The van der Waals surface area contributed by atoms with Crippen LogP contribution >= 0.6 is 0 Å². The summed E-state index contributed by atoms with van der Waals surface area (Å²) in [4.78, 5) is 11.0. The standard InChI is InChI=1S/C17H26O3/c1-6-14(9-16(18)19)15-8-12(4)7-13(5)17(15)20-10-11(2)3/h7-8,11,14H,6,9-10H2,1-5H3,(H,18,19). The second-order valence-corrected chi connectivity index (χ2v) is 5.91. The van der Waals surface area contributed by atoms with Crippen molar-refractivity contribution in [3.8, 4) is 5.75 Å². The molecule has 0 bridgehead atoms. The van der Waals surface area contributed by atoms with Gasteiger partial charge in [-0.25, -0.2) is 0 Å². The van der Waals surface area contributed by atoms with E-state index in [4.69, 9.17) is 9.84 Å². The summed E-state index contributed by atoms with van der Waals surface area (Å²) in [6, 6.07) is 4.16. The molecular formula is C17H26O3. The topological polar surface area (TPSA) is 46.5 Å². The first-order valence-electron chi connectivity index (χ1n) is 7.30. The van der Waals surface area contributed by atoms with E-state index in [2.05, 4.69) is 26.0 Å². The van der Waals surface area contributed by atoms with Gasteiger partial charge in [0, 0.05) is 0 Å². The summed E-state index contributed by atoms with van der Waals surface area (Å²) >= 11 is 0. The molecule has 1 N–H and O–H groups in total. The van der Waals surface area contributed by atoms with E-state index in [0.29, 0.717) is 12.5 Å². The van der Waals surface area contributed by atoms with Crippen molar-refractivity contribution in [1.29, 1.82) is 0 Å². The van der Waals surface area contributed by atoms with Gasteiger partial charge in [-0.15, -0.1) is 0 Å². The number of ether oxygens (including phenoxy) is 1. The maximum absolute atomic E-state index is 11.0. The number of aryl methyl sites for hydroxylation is 2. The van der Waals surface area contributed by atoms with Crippen LogP contribution in [0.3, 0.4) is 0 Å². The quantitative estimate of drug-likeness (QED) is 0.808. The highest BCUT2D eigenvalue weighted by Crippen LogP contribution is 2.35. The number of carboxylic acids is 1. The third-order valence-corrected chi connectivity index (χ3v) is 3.36. The normalized spacial score (nSPS) is 12.5. The Morgan fingerprint density at radius 2 is 1.95 bits per heavy atom. The fraction of sp³-hybridized carbons (Fsp3) is 0.588. The van der Waals surface area contributed by atoms with Gasteiger partial charge in [-0.3, -0.25) is 4.79 Å². The molecule has 1 aromatic rings. The zero-order valence-electron chi connectivity index (χ0n) is 13.2. The molecule has 3 nitrogen and oxygen atoms in total. The summed E-state index contributed by atoms with van der Waals surface area (Å²) in [6.45, 7) is 11.0. The highest BCUT2D eigenvalue weighted by molar-refractivity contribution is 5.68. The zero-order valence-corrected chi connectivity index (χ0v) is 13.2. The van der Waals surface area contributed by atoms with Crippen LogP contribution in [0, 0.1) is 19.8 Å². The first kappa shape index (κ1) is 16.5. The van der Waals surface area contributed by atoms with E-state index in [0.717, 1.165) is 28.9 Å². The van der Waals surface area contributed by atoms with Crippen LogP contribution in [0.25, 0.3) is 0 Å². The van der Waals surface area contributed by atoms with Gasteiger partial charge in [-0.1, -0.05) is 38.5 Å². The van der Waals surface area contributed by atoms with Gasteiger partial charge < -0.3 is 9.84 Å². The predicted molar refractivity (Wildman–Crippen MR) is 81.5 cm³/mol. The summed E-state index contributed by atoms with van der Waals surface area (Å²) in [5.74, 6) is 0.569. The highest BCUT2D eigenvalue weighted by Gasteiger charge is 2.20. The molecule has 0 fully saturated rings. The minimum Gasteiger partial charge on any atom is -0.493 e. The third-order valence-electron chi connectivity index (χ3n) is 3.36. The number of benzene rings is 1. The number of carboxylic acid groups (broad SMARTS) is 1. The van der Waals surface area contributed by atoms with Gasteiger partial charge in [-0.2, -0.15) is 0 Å². The highest BCUT2D eigenvalue weighted by atomic mass is 16.5. The minimum atomic E-state index is -0.759. The molecule has 0 aliphatic carbocycles. The molecule has 0 spiro atoms. The molecule has 0 aliphatic heterocycles. The van der Waals surface area contributed by atoms with Crippen LogP contribution in [-0.2, 0) is 4.79 Å². The number of hydrogen-bond acceptors (Lipinski definition) is 2. The largest absolute Gasteiger partial charge is 0.493 e. The number of rotatable bonds is 7. The van der Waals surface area contributed by atoms with Crippen LogP contribution in [-0.4, -0.2) is 17.7 Å². The Kier molecular flexibility index (Phi) is 6.05. The first-order chi connectivity index (χ1) is 9.35. The number of aliphatic carboxylic acids is 1. The van der Waals surface area contributed by atoms with Crippen molar-refractivity contribution >= 4 is 5.97 Å². The van der Waals surface area contributed by atoms with Crippen molar-refractivity contribution in [3.63, 3.8) is 0 Å². The molecule has 0 heterocycles. The molecule has 3 heteroatoms. The van der Waals surface area contributed by atoms with Gasteiger partial charge in [0.05, 0.1) is 13.0 Å². The van der Waals surface area contributed by atoms with Crippen molar-refractivity contribution in [1.82, 2.24) is 0 Å². The number of carbonyl (C=O) groups is 1. The van der Waals surface area contributed by atoms with Crippen LogP contribution in [0.4, 0.5) is 0 Å². The summed E-state index contributed by atoms with van der Waals surface area (Å²) in [6.07, 6.45) is 0.949. The average molecular weight is 278 g/mol. The average Bonchev–Trinajstić information content (AvgIpc) is 2.33. The smallest absolute Gasteiger partial charge is 0.303 e. The minimum absolute atomic E-state index is 0.00765. The lowest BCUT2D eigenvalue weighted by molar-refractivity contribution is -0.137. The van der Waals surface area contributed by atoms with E-state index in [-0.39, 0.29) is 12.3 Å². The zero-order chi connectivity index (χ0) is 15.3. The van der Waals surface area contributed by atoms with Crippen LogP contribution in [0.1, 0.15) is 56.2 Å². The van der Waals surface area contributed by atoms with E-state index in [1.165, 1.54) is 0 Å². The Morgan fingerprint density at radius 1 is 1.30 bits per heavy atom. The molecule has 20 heavy (non-hydrogen) atoms. The van der Waals surface area contributed by atoms with Crippen molar-refractivity contribution in [2.45, 2.75) is 53.4 Å². The lowest BCUT2D eigenvalue weighted by atomic mass is 9.89. The van der Waals surface area contributed by atoms with Gasteiger partial charge in [0.2, 0.25) is 0 Å². The lowest BCUT2D eigenvalue weighted by Crippen LogP contribution is -2.12. The van der Waals surface area contributed by atoms with Crippen LogP contribution in [0.15, 0.2) is 12.1 Å². The fourth-order valence-corrected chi connectivity index (χ4v) is 2.42. The Hall–Kier alpha value is -1.51. The summed E-state index contributed by atoms with van der Waals surface area (Å²) in [7, 11) is 0. The van der Waals surface area contributed by atoms with Crippen molar-refractivity contribution in [3.05, 3.63) is 28.8 Å². The van der Waals surface area contributed by atoms with Gasteiger partial charge in [0.15, 0.2) is 0 Å². The molecular weight excluding hydrogens is 252 g/mol. The SMILES string of the molecule is CCC(CC(=O)O)c1cc(C)cc(C)c1OCC(C)C. The van der Waals surface area contributed by atoms with Crippen molar-refractivity contribution in [2.24, 2.45) is 5.92 Å². The first-order valence-corrected chi connectivity index (χ1v) is 7.30. The van der Waals surface area contributed by atoms with Crippen molar-refractivity contribution < 1.29 is 14.6 Å². The molecule has 1 unspecified atom stereocenters. The predicted octanol–water partition coefficient (Wildman–Crippen LogP) is 4.31. The van der Waals surface area contributed by atoms with E-state index >= 15 is 0 Å². The fourth-order valence-electron chi connectivity index (χ4n) is 2.42. The molecule has 1 rings (SSSR count). The van der Waals surface area contributed by atoms with Crippen LogP contribution < -0.4 is 4.74 Å². The Labute approximate surface area is 122 Å². The van der Waals surface area contributed by atoms with E-state index < -0.39 is 5.97 Å². The number of hydrogen-bond donors (Lipinski definition) is 1. The van der Waals surface area contributed by atoms with E-state index in [9.17, 15) is 4.79 Å². The summed E-state index contributed by atoms with van der Waals surface area (Å²) in [5, 5.41) is 9.08. The van der Waals surface area contributed by atoms with Gasteiger partial charge in [0.25, 0.3) is 0 Å². The molecule has 0 radical (unpaired) electrons. The van der Waals surface area contributed by atoms with Gasteiger partial charge in [-0.05, 0) is 43.2 Å². The van der Waals surface area contributed by atoms with E-state index in [1.807, 2.05) is 20.8 Å². The lowest BCUT2D eigenvalue weighted by Gasteiger charge is -2.21. The van der Waals surface area contributed by atoms with Crippen LogP contribution in [0.5, 0.6) is 5.75 Å².